The van der Waals surface area contributed by atoms with E-state index in [-0.39, 0.29) is 5.54 Å². The monoisotopic (exact) mass is 233 g/mol. The zero-order chi connectivity index (χ0) is 12.6. The van der Waals surface area contributed by atoms with Crippen molar-refractivity contribution >= 4 is 17.0 Å². The molecule has 17 heavy (non-hydrogen) atoms. The number of nitrogen functional groups attached to an aromatic ring is 1. The first-order valence-electron chi connectivity index (χ1n) is 5.70. The van der Waals surface area contributed by atoms with E-state index < -0.39 is 0 Å². The van der Waals surface area contributed by atoms with E-state index in [1.807, 2.05) is 29.7 Å². The number of aromatic nitrogens is 2. The maximum absolute atomic E-state index is 6.03. The first-order chi connectivity index (χ1) is 7.97. The van der Waals surface area contributed by atoms with E-state index >= 15 is 0 Å². The number of aryl methyl sites for hydroxylation is 1. The number of hydrogen-bond donors (Lipinski definition) is 1. The normalized spacial score (nSPS) is 12.2. The van der Waals surface area contributed by atoms with Crippen molar-refractivity contribution in [2.75, 3.05) is 19.5 Å². The van der Waals surface area contributed by atoms with Crippen molar-refractivity contribution < 1.29 is 4.74 Å². The van der Waals surface area contributed by atoms with Crippen LogP contribution in [0.4, 0.5) is 5.95 Å². The van der Waals surface area contributed by atoms with Gasteiger partial charge < -0.3 is 15.0 Å². The summed E-state index contributed by atoms with van der Waals surface area (Å²) in [6.45, 7) is 6.83. The summed E-state index contributed by atoms with van der Waals surface area (Å²) in [5, 5.41) is 0. The molecule has 92 valence electrons. The zero-order valence-corrected chi connectivity index (χ0v) is 10.8. The van der Waals surface area contributed by atoms with Crippen LogP contribution in [0, 0.1) is 6.92 Å². The zero-order valence-electron chi connectivity index (χ0n) is 10.8. The molecule has 1 aromatic carbocycles. The van der Waals surface area contributed by atoms with Gasteiger partial charge in [0.15, 0.2) is 0 Å². The van der Waals surface area contributed by atoms with E-state index in [2.05, 4.69) is 18.8 Å². The van der Waals surface area contributed by atoms with Gasteiger partial charge in [-0.05, 0) is 32.4 Å². The van der Waals surface area contributed by atoms with Crippen molar-refractivity contribution in [3.05, 3.63) is 23.8 Å². The lowest BCUT2D eigenvalue weighted by Crippen LogP contribution is -2.32. The van der Waals surface area contributed by atoms with E-state index in [9.17, 15) is 0 Å². The van der Waals surface area contributed by atoms with Gasteiger partial charge in [-0.15, -0.1) is 0 Å². The number of nitrogens with zero attached hydrogens (tertiary/aromatic N) is 2. The van der Waals surface area contributed by atoms with Gasteiger partial charge in [-0.3, -0.25) is 0 Å². The molecule has 0 saturated heterocycles. The van der Waals surface area contributed by atoms with Crippen LogP contribution in [0.3, 0.4) is 0 Å². The summed E-state index contributed by atoms with van der Waals surface area (Å²) >= 11 is 0. The highest BCUT2D eigenvalue weighted by atomic mass is 16.5. The Bertz CT molecular complexity index is 543. The highest BCUT2D eigenvalue weighted by Gasteiger charge is 2.25. The molecule has 2 N–H and O–H groups in total. The van der Waals surface area contributed by atoms with E-state index in [4.69, 9.17) is 10.5 Å². The lowest BCUT2D eigenvalue weighted by Gasteiger charge is -2.27. The second kappa shape index (κ2) is 4.04. The van der Waals surface area contributed by atoms with E-state index in [0.29, 0.717) is 12.6 Å². The molecule has 0 atom stereocenters. The molecule has 0 unspecified atom stereocenters. The lowest BCUT2D eigenvalue weighted by atomic mass is 10.1. The van der Waals surface area contributed by atoms with Crippen molar-refractivity contribution in [3.8, 4) is 0 Å². The molecule has 1 aromatic heterocycles. The van der Waals surface area contributed by atoms with Crippen LogP contribution >= 0.6 is 0 Å². The van der Waals surface area contributed by atoms with Gasteiger partial charge in [0.2, 0.25) is 5.95 Å². The third-order valence-electron chi connectivity index (χ3n) is 3.02. The second-order valence-corrected chi connectivity index (χ2v) is 4.99. The maximum atomic E-state index is 6.03. The Morgan fingerprint density at radius 2 is 2.12 bits per heavy atom. The van der Waals surface area contributed by atoms with Gasteiger partial charge in [-0.2, -0.15) is 0 Å². The number of ether oxygens (including phenoxy) is 1. The molecule has 0 aliphatic rings. The van der Waals surface area contributed by atoms with Crippen LogP contribution in [0.5, 0.6) is 0 Å². The Morgan fingerprint density at radius 1 is 1.41 bits per heavy atom. The van der Waals surface area contributed by atoms with Gasteiger partial charge in [-0.25, -0.2) is 4.98 Å². The average Bonchev–Trinajstić information content (AvgIpc) is 2.56. The molecule has 2 aromatic rings. The predicted octanol–water partition coefficient (Wildman–Crippen LogP) is 2.31. The maximum Gasteiger partial charge on any atom is 0.201 e. The molecular weight excluding hydrogens is 214 g/mol. The molecule has 4 nitrogen and oxygen atoms in total. The number of imidazole rings is 1. The Balaban J connectivity index is 2.69. The fraction of sp³-hybridized carbons (Fsp3) is 0.462. The van der Waals surface area contributed by atoms with Gasteiger partial charge in [0.05, 0.1) is 23.2 Å². The second-order valence-electron chi connectivity index (χ2n) is 4.99. The number of anilines is 1. The topological polar surface area (TPSA) is 53.1 Å². The minimum absolute atomic E-state index is 0.207. The number of benzene rings is 1. The molecule has 0 aliphatic heterocycles. The van der Waals surface area contributed by atoms with Crippen molar-refractivity contribution in [1.29, 1.82) is 0 Å². The number of methoxy groups -OCH3 is 1. The van der Waals surface area contributed by atoms with E-state index in [1.54, 1.807) is 7.11 Å². The third-order valence-corrected chi connectivity index (χ3v) is 3.02. The molecule has 0 spiro atoms. The van der Waals surface area contributed by atoms with E-state index in [1.165, 1.54) is 0 Å². The number of rotatable bonds is 3. The summed E-state index contributed by atoms with van der Waals surface area (Å²) in [6.07, 6.45) is 0. The SMILES string of the molecule is COCC(C)(C)n1c(N)nc2c(C)cccc21. The molecular formula is C13H19N3O. The van der Waals surface area contributed by atoms with Crippen molar-refractivity contribution in [2.45, 2.75) is 26.3 Å². The van der Waals surface area contributed by atoms with Gasteiger partial charge in [0, 0.05) is 7.11 Å². The van der Waals surface area contributed by atoms with Crippen molar-refractivity contribution in [3.63, 3.8) is 0 Å². The molecule has 0 aliphatic carbocycles. The number of hydrogen-bond acceptors (Lipinski definition) is 3. The molecule has 4 heteroatoms. The van der Waals surface area contributed by atoms with Gasteiger partial charge in [0.25, 0.3) is 0 Å². The highest BCUT2D eigenvalue weighted by Crippen LogP contribution is 2.28. The number of fused-ring (bicyclic) bond motifs is 1. The predicted molar refractivity (Wildman–Crippen MR) is 70.1 cm³/mol. The van der Waals surface area contributed by atoms with Crippen LogP contribution in [0.25, 0.3) is 11.0 Å². The van der Waals surface area contributed by atoms with Gasteiger partial charge in [-0.1, -0.05) is 12.1 Å². The van der Waals surface area contributed by atoms with Crippen molar-refractivity contribution in [1.82, 2.24) is 9.55 Å². The van der Waals surface area contributed by atoms with Crippen LogP contribution in [0.2, 0.25) is 0 Å². The highest BCUT2D eigenvalue weighted by molar-refractivity contribution is 5.81. The quantitative estimate of drug-likeness (QED) is 0.885. The molecule has 0 fully saturated rings. The number of para-hydroxylation sites is 1. The Hall–Kier alpha value is -1.55. The summed E-state index contributed by atoms with van der Waals surface area (Å²) in [7, 11) is 1.70. The van der Waals surface area contributed by atoms with Crippen LogP contribution in [0.1, 0.15) is 19.4 Å². The van der Waals surface area contributed by atoms with Gasteiger partial charge >= 0.3 is 0 Å². The molecule has 0 radical (unpaired) electrons. The van der Waals surface area contributed by atoms with Crippen LogP contribution in [-0.4, -0.2) is 23.3 Å². The largest absolute Gasteiger partial charge is 0.382 e. The summed E-state index contributed by atoms with van der Waals surface area (Å²) in [5.41, 5.74) is 8.99. The summed E-state index contributed by atoms with van der Waals surface area (Å²) in [4.78, 5) is 4.45. The van der Waals surface area contributed by atoms with Crippen LogP contribution < -0.4 is 5.73 Å². The van der Waals surface area contributed by atoms with Crippen LogP contribution in [-0.2, 0) is 10.3 Å². The molecule has 2 rings (SSSR count). The Kier molecular flexibility index (Phi) is 2.83. The summed E-state index contributed by atoms with van der Waals surface area (Å²) in [5.74, 6) is 0.538. The lowest BCUT2D eigenvalue weighted by molar-refractivity contribution is 0.113. The van der Waals surface area contributed by atoms with Crippen molar-refractivity contribution in [2.24, 2.45) is 0 Å². The summed E-state index contributed by atoms with van der Waals surface area (Å²) < 4.78 is 7.30. The average molecular weight is 233 g/mol. The van der Waals surface area contributed by atoms with Gasteiger partial charge in [0.1, 0.15) is 0 Å². The molecule has 0 bridgehead atoms. The fourth-order valence-electron chi connectivity index (χ4n) is 2.31. The third kappa shape index (κ3) is 1.89. The molecule has 0 amide bonds. The first-order valence-corrected chi connectivity index (χ1v) is 5.70. The standard InChI is InChI=1S/C13H19N3O/c1-9-6-5-7-10-11(9)15-12(14)16(10)13(2,3)8-17-4/h5-7H,8H2,1-4H3,(H2,14,15). The minimum atomic E-state index is -0.207. The Morgan fingerprint density at radius 3 is 2.76 bits per heavy atom. The first kappa shape index (κ1) is 11.9. The molecule has 0 saturated carbocycles. The summed E-state index contributed by atoms with van der Waals surface area (Å²) in [6, 6.07) is 6.11. The smallest absolute Gasteiger partial charge is 0.201 e. The Labute approximate surface area is 101 Å². The minimum Gasteiger partial charge on any atom is -0.382 e. The van der Waals surface area contributed by atoms with Crippen LogP contribution in [0.15, 0.2) is 18.2 Å². The fourth-order valence-corrected chi connectivity index (χ4v) is 2.31. The van der Waals surface area contributed by atoms with E-state index in [0.717, 1.165) is 16.6 Å². The molecule has 1 heterocycles. The number of nitrogens with two attached hydrogens (primary N) is 1.